The van der Waals surface area contributed by atoms with Crippen molar-refractivity contribution in [2.45, 2.75) is 59.5 Å². The molecule has 1 aromatic rings. The molecule has 0 radical (unpaired) electrons. The molecule has 96 valence electrons. The standard InChI is InChI=1S/C13H24N4/c1-6-9(3)14-12-8-11(5)16-13(17-12)15-10(4)7-2/h8-10H,6-7H2,1-5H3,(H2,14,15,16,17). The maximum atomic E-state index is 4.48. The second-order valence-corrected chi connectivity index (χ2v) is 4.63. The summed E-state index contributed by atoms with van der Waals surface area (Å²) < 4.78 is 0. The maximum absolute atomic E-state index is 4.48. The maximum Gasteiger partial charge on any atom is 0.225 e. The van der Waals surface area contributed by atoms with E-state index in [-0.39, 0.29) is 0 Å². The number of hydrogen-bond acceptors (Lipinski definition) is 4. The molecule has 0 aliphatic heterocycles. The van der Waals surface area contributed by atoms with Gasteiger partial charge in [0.15, 0.2) is 0 Å². The number of aryl methyl sites for hydroxylation is 1. The van der Waals surface area contributed by atoms with Gasteiger partial charge in [-0.2, -0.15) is 4.98 Å². The second-order valence-electron chi connectivity index (χ2n) is 4.63. The average Bonchev–Trinajstić information content (AvgIpc) is 2.27. The molecule has 1 heterocycles. The Morgan fingerprint density at radius 1 is 1.06 bits per heavy atom. The number of rotatable bonds is 6. The smallest absolute Gasteiger partial charge is 0.225 e. The summed E-state index contributed by atoms with van der Waals surface area (Å²) >= 11 is 0. The molecule has 2 atom stereocenters. The molecule has 0 saturated carbocycles. The normalized spacial score (nSPS) is 14.2. The Balaban J connectivity index is 2.79. The van der Waals surface area contributed by atoms with E-state index in [4.69, 9.17) is 0 Å². The summed E-state index contributed by atoms with van der Waals surface area (Å²) in [6, 6.07) is 2.81. The summed E-state index contributed by atoms with van der Waals surface area (Å²) in [7, 11) is 0. The summed E-state index contributed by atoms with van der Waals surface area (Å²) in [5.41, 5.74) is 0.983. The van der Waals surface area contributed by atoms with Gasteiger partial charge in [0.2, 0.25) is 5.95 Å². The van der Waals surface area contributed by atoms with Crippen LogP contribution in [0.2, 0.25) is 0 Å². The highest BCUT2D eigenvalue weighted by molar-refractivity contribution is 5.43. The average molecular weight is 236 g/mol. The van der Waals surface area contributed by atoms with Crippen molar-refractivity contribution in [3.8, 4) is 0 Å². The van der Waals surface area contributed by atoms with Crippen LogP contribution in [0.5, 0.6) is 0 Å². The number of nitrogens with one attached hydrogen (secondary N) is 2. The highest BCUT2D eigenvalue weighted by Gasteiger charge is 2.06. The molecule has 1 aromatic heterocycles. The third-order valence-electron chi connectivity index (χ3n) is 2.85. The summed E-state index contributed by atoms with van der Waals surface area (Å²) in [5, 5.41) is 6.67. The van der Waals surface area contributed by atoms with Crippen LogP contribution in [0.3, 0.4) is 0 Å². The molecule has 0 spiro atoms. The minimum Gasteiger partial charge on any atom is -0.367 e. The van der Waals surface area contributed by atoms with Gasteiger partial charge in [0.25, 0.3) is 0 Å². The molecule has 0 amide bonds. The van der Waals surface area contributed by atoms with E-state index >= 15 is 0 Å². The highest BCUT2D eigenvalue weighted by atomic mass is 15.2. The molecule has 0 fully saturated rings. The third kappa shape index (κ3) is 4.59. The van der Waals surface area contributed by atoms with Crippen molar-refractivity contribution in [3.63, 3.8) is 0 Å². The first-order valence-electron chi connectivity index (χ1n) is 6.43. The van der Waals surface area contributed by atoms with E-state index < -0.39 is 0 Å². The van der Waals surface area contributed by atoms with Crippen LogP contribution >= 0.6 is 0 Å². The molecular weight excluding hydrogens is 212 g/mol. The van der Waals surface area contributed by atoms with Gasteiger partial charge in [-0.15, -0.1) is 0 Å². The van der Waals surface area contributed by atoms with Crippen LogP contribution in [0.25, 0.3) is 0 Å². The Kier molecular flexibility index (Phi) is 5.19. The van der Waals surface area contributed by atoms with Crippen molar-refractivity contribution in [1.29, 1.82) is 0 Å². The lowest BCUT2D eigenvalue weighted by atomic mass is 10.2. The Labute approximate surface area is 104 Å². The van der Waals surface area contributed by atoms with E-state index in [2.05, 4.69) is 48.3 Å². The fourth-order valence-electron chi connectivity index (χ4n) is 1.38. The monoisotopic (exact) mass is 236 g/mol. The topological polar surface area (TPSA) is 49.8 Å². The summed E-state index contributed by atoms with van der Waals surface area (Å²) in [6.45, 7) is 10.6. The zero-order valence-corrected chi connectivity index (χ0v) is 11.5. The number of nitrogens with zero attached hydrogens (tertiary/aromatic N) is 2. The first-order chi connectivity index (χ1) is 8.05. The molecule has 0 aliphatic rings. The van der Waals surface area contributed by atoms with Crippen LogP contribution in [0.1, 0.15) is 46.2 Å². The van der Waals surface area contributed by atoms with Crippen LogP contribution in [-0.2, 0) is 0 Å². The van der Waals surface area contributed by atoms with Crippen LogP contribution < -0.4 is 10.6 Å². The molecule has 4 nitrogen and oxygen atoms in total. The van der Waals surface area contributed by atoms with Gasteiger partial charge in [-0.3, -0.25) is 0 Å². The van der Waals surface area contributed by atoms with Crippen molar-refractivity contribution in [2.24, 2.45) is 0 Å². The molecule has 1 rings (SSSR count). The van der Waals surface area contributed by atoms with Gasteiger partial charge in [0.1, 0.15) is 5.82 Å². The molecule has 0 saturated heterocycles. The minimum atomic E-state index is 0.397. The number of aromatic nitrogens is 2. The lowest BCUT2D eigenvalue weighted by molar-refractivity contribution is 0.744. The molecule has 2 N–H and O–H groups in total. The van der Waals surface area contributed by atoms with Gasteiger partial charge in [-0.05, 0) is 33.6 Å². The molecule has 4 heteroatoms. The second kappa shape index (κ2) is 6.42. The molecular formula is C13H24N4. The molecule has 2 unspecified atom stereocenters. The summed E-state index contributed by atoms with van der Waals surface area (Å²) in [4.78, 5) is 8.87. The molecule has 0 aliphatic carbocycles. The first kappa shape index (κ1) is 13.7. The van der Waals surface area contributed by atoms with E-state index in [0.717, 1.165) is 24.4 Å². The van der Waals surface area contributed by atoms with Crippen molar-refractivity contribution >= 4 is 11.8 Å². The summed E-state index contributed by atoms with van der Waals surface area (Å²) in [6.07, 6.45) is 2.14. The Morgan fingerprint density at radius 2 is 1.65 bits per heavy atom. The number of anilines is 2. The van der Waals surface area contributed by atoms with E-state index in [1.54, 1.807) is 0 Å². The Bertz CT molecular complexity index is 321. The van der Waals surface area contributed by atoms with Crippen LogP contribution in [0, 0.1) is 6.92 Å². The van der Waals surface area contributed by atoms with Gasteiger partial charge >= 0.3 is 0 Å². The minimum absolute atomic E-state index is 0.397. The fourth-order valence-corrected chi connectivity index (χ4v) is 1.38. The van der Waals surface area contributed by atoms with Crippen LogP contribution in [0.15, 0.2) is 6.07 Å². The van der Waals surface area contributed by atoms with Crippen molar-refractivity contribution < 1.29 is 0 Å². The number of hydrogen-bond donors (Lipinski definition) is 2. The van der Waals surface area contributed by atoms with E-state index in [1.807, 2.05) is 13.0 Å². The van der Waals surface area contributed by atoms with E-state index in [9.17, 15) is 0 Å². The zero-order valence-electron chi connectivity index (χ0n) is 11.5. The largest absolute Gasteiger partial charge is 0.367 e. The Hall–Kier alpha value is -1.32. The van der Waals surface area contributed by atoms with Gasteiger partial charge in [-0.25, -0.2) is 4.98 Å². The van der Waals surface area contributed by atoms with Crippen LogP contribution in [0.4, 0.5) is 11.8 Å². The highest BCUT2D eigenvalue weighted by Crippen LogP contribution is 2.12. The predicted octanol–water partition coefficient (Wildman–Crippen LogP) is 3.21. The molecule has 17 heavy (non-hydrogen) atoms. The zero-order chi connectivity index (χ0) is 12.8. The SMILES string of the molecule is CCC(C)Nc1cc(C)nc(NC(C)CC)n1. The quantitative estimate of drug-likeness (QED) is 0.796. The lowest BCUT2D eigenvalue weighted by Crippen LogP contribution is -2.19. The van der Waals surface area contributed by atoms with Gasteiger partial charge in [0.05, 0.1) is 0 Å². The lowest BCUT2D eigenvalue weighted by Gasteiger charge is -2.15. The van der Waals surface area contributed by atoms with Crippen molar-refractivity contribution in [2.75, 3.05) is 10.6 Å². The van der Waals surface area contributed by atoms with Gasteiger partial charge in [-0.1, -0.05) is 13.8 Å². The Morgan fingerprint density at radius 3 is 2.24 bits per heavy atom. The van der Waals surface area contributed by atoms with E-state index in [0.29, 0.717) is 18.0 Å². The van der Waals surface area contributed by atoms with Crippen molar-refractivity contribution in [3.05, 3.63) is 11.8 Å². The molecule has 0 aromatic carbocycles. The van der Waals surface area contributed by atoms with Crippen LogP contribution in [-0.4, -0.2) is 22.1 Å². The van der Waals surface area contributed by atoms with Gasteiger partial charge in [0, 0.05) is 23.8 Å². The third-order valence-corrected chi connectivity index (χ3v) is 2.85. The summed E-state index contributed by atoms with van der Waals surface area (Å²) in [5.74, 6) is 1.61. The van der Waals surface area contributed by atoms with Crippen molar-refractivity contribution in [1.82, 2.24) is 9.97 Å². The molecule has 0 bridgehead atoms. The van der Waals surface area contributed by atoms with Gasteiger partial charge < -0.3 is 10.6 Å². The predicted molar refractivity (Wildman–Crippen MR) is 73.5 cm³/mol. The van der Waals surface area contributed by atoms with E-state index in [1.165, 1.54) is 0 Å². The fraction of sp³-hybridized carbons (Fsp3) is 0.692. The first-order valence-corrected chi connectivity index (χ1v) is 6.43.